The Morgan fingerprint density at radius 2 is 1.96 bits per heavy atom. The lowest BCUT2D eigenvalue weighted by molar-refractivity contribution is -0.142. The van der Waals surface area contributed by atoms with Gasteiger partial charge in [0.05, 0.1) is 11.8 Å². The van der Waals surface area contributed by atoms with Gasteiger partial charge in [0.1, 0.15) is 12.4 Å². The first kappa shape index (κ1) is 21.3. The third kappa shape index (κ3) is 5.05. The number of carbonyl (C=O) groups excluding carboxylic acids is 1. The third-order valence-corrected chi connectivity index (χ3v) is 5.60. The van der Waals surface area contributed by atoms with Crippen LogP contribution in [-0.2, 0) is 26.2 Å². The van der Waals surface area contributed by atoms with Crippen LogP contribution in [0.25, 0.3) is 11.1 Å². The first-order valence-corrected chi connectivity index (χ1v) is 10.9. The summed E-state index contributed by atoms with van der Waals surface area (Å²) < 4.78 is 37.1. The number of nitrogens with zero attached hydrogens (tertiary/aromatic N) is 1. The van der Waals surface area contributed by atoms with Crippen molar-refractivity contribution >= 4 is 33.5 Å². The van der Waals surface area contributed by atoms with Gasteiger partial charge in [0.2, 0.25) is 15.9 Å². The molecule has 0 amide bonds. The van der Waals surface area contributed by atoms with Crippen LogP contribution in [-0.4, -0.2) is 27.2 Å². The molecule has 1 heterocycles. The summed E-state index contributed by atoms with van der Waals surface area (Å²) in [5.41, 5.74) is 1.93. The lowest BCUT2D eigenvalue weighted by Crippen LogP contribution is -2.31. The molecule has 148 valence electrons. The van der Waals surface area contributed by atoms with Gasteiger partial charge in [-0.3, -0.25) is 4.79 Å². The summed E-state index contributed by atoms with van der Waals surface area (Å²) in [7, 11) is -3.58. The predicted octanol–water partition coefficient (Wildman–Crippen LogP) is 4.54. The average Bonchev–Trinajstić information content (AvgIpc) is 2.89. The molecule has 2 rings (SSSR count). The minimum atomic E-state index is -3.58. The smallest absolute Gasteiger partial charge is 0.303 e. The highest BCUT2D eigenvalue weighted by molar-refractivity contribution is 7.92. The Hall–Kier alpha value is -1.99. The standard InChI is InChI=1S/C19H24ClNO5S/c1-5-6-11-21(27(4,23)24)19-18(15-9-7-8-10-16(15)20)13(2)17(26-19)12-25-14(3)22/h7-10H,5-6,11-12H2,1-4H3. The molecule has 0 unspecified atom stereocenters. The number of halogens is 1. The molecule has 0 N–H and O–H groups in total. The summed E-state index contributed by atoms with van der Waals surface area (Å²) in [6, 6.07) is 7.15. The highest BCUT2D eigenvalue weighted by Crippen LogP contribution is 2.42. The molecule has 0 aliphatic carbocycles. The van der Waals surface area contributed by atoms with Gasteiger partial charge in [-0.25, -0.2) is 12.7 Å². The van der Waals surface area contributed by atoms with E-state index in [9.17, 15) is 13.2 Å². The summed E-state index contributed by atoms with van der Waals surface area (Å²) in [4.78, 5) is 11.2. The minimum absolute atomic E-state index is 0.0794. The Balaban J connectivity index is 2.68. The van der Waals surface area contributed by atoms with Gasteiger partial charge in [0, 0.05) is 29.6 Å². The zero-order valence-electron chi connectivity index (χ0n) is 15.9. The number of ether oxygens (including phenoxy) is 1. The van der Waals surface area contributed by atoms with Crippen molar-refractivity contribution in [2.75, 3.05) is 17.1 Å². The normalized spacial score (nSPS) is 11.4. The van der Waals surface area contributed by atoms with Gasteiger partial charge in [-0.1, -0.05) is 43.1 Å². The van der Waals surface area contributed by atoms with Crippen LogP contribution >= 0.6 is 11.6 Å². The van der Waals surface area contributed by atoms with Crippen LogP contribution in [0.15, 0.2) is 28.7 Å². The van der Waals surface area contributed by atoms with E-state index in [4.69, 9.17) is 20.8 Å². The van der Waals surface area contributed by atoms with Crippen LogP contribution in [0.3, 0.4) is 0 Å². The molecule has 6 nitrogen and oxygen atoms in total. The number of sulfonamides is 1. The molecule has 2 aromatic rings. The van der Waals surface area contributed by atoms with Crippen molar-refractivity contribution in [3.8, 4) is 11.1 Å². The minimum Gasteiger partial charge on any atom is -0.458 e. The summed E-state index contributed by atoms with van der Waals surface area (Å²) in [6.07, 6.45) is 2.64. The van der Waals surface area contributed by atoms with Crippen LogP contribution in [0, 0.1) is 6.92 Å². The monoisotopic (exact) mass is 413 g/mol. The molecule has 1 aromatic heterocycles. The van der Waals surface area contributed by atoms with Crippen LogP contribution in [0.1, 0.15) is 38.0 Å². The summed E-state index contributed by atoms with van der Waals surface area (Å²) in [5, 5.41) is 0.477. The fourth-order valence-corrected chi connectivity index (χ4v) is 3.85. The Kier molecular flexibility index (Phi) is 6.95. The van der Waals surface area contributed by atoms with Gasteiger partial charge in [-0.15, -0.1) is 0 Å². The number of esters is 1. The highest BCUT2D eigenvalue weighted by Gasteiger charge is 2.29. The molecule has 0 aliphatic heterocycles. The van der Waals surface area contributed by atoms with Crippen molar-refractivity contribution in [3.05, 3.63) is 40.6 Å². The topological polar surface area (TPSA) is 76.8 Å². The van der Waals surface area contributed by atoms with E-state index >= 15 is 0 Å². The van der Waals surface area contributed by atoms with Gasteiger partial charge in [-0.05, 0) is 19.4 Å². The van der Waals surface area contributed by atoms with Crippen molar-refractivity contribution < 1.29 is 22.4 Å². The van der Waals surface area contributed by atoms with Crippen molar-refractivity contribution in [1.82, 2.24) is 0 Å². The number of hydrogen-bond acceptors (Lipinski definition) is 5. The van der Waals surface area contributed by atoms with E-state index in [0.717, 1.165) is 12.7 Å². The van der Waals surface area contributed by atoms with Crippen molar-refractivity contribution in [1.29, 1.82) is 0 Å². The molecule has 0 saturated carbocycles. The van der Waals surface area contributed by atoms with Crippen molar-refractivity contribution in [2.24, 2.45) is 0 Å². The summed E-state index contributed by atoms with van der Waals surface area (Å²) >= 11 is 6.37. The van der Waals surface area contributed by atoms with Crippen LogP contribution in [0.5, 0.6) is 0 Å². The number of furan rings is 1. The van der Waals surface area contributed by atoms with E-state index in [0.29, 0.717) is 33.9 Å². The second-order valence-electron chi connectivity index (χ2n) is 6.28. The van der Waals surface area contributed by atoms with E-state index in [1.807, 2.05) is 13.0 Å². The summed E-state index contributed by atoms with van der Waals surface area (Å²) in [5.74, 6) is 0.136. The maximum absolute atomic E-state index is 12.4. The van der Waals surface area contributed by atoms with Crippen molar-refractivity contribution in [2.45, 2.75) is 40.2 Å². The first-order valence-electron chi connectivity index (χ1n) is 8.65. The van der Waals surface area contributed by atoms with Crippen molar-refractivity contribution in [3.63, 3.8) is 0 Å². The number of rotatable bonds is 8. The van der Waals surface area contributed by atoms with Gasteiger partial charge < -0.3 is 9.15 Å². The maximum atomic E-state index is 12.4. The fraction of sp³-hybridized carbons (Fsp3) is 0.421. The second-order valence-corrected chi connectivity index (χ2v) is 8.59. The van der Waals surface area contributed by atoms with Crippen LogP contribution < -0.4 is 4.31 Å². The zero-order valence-corrected chi connectivity index (χ0v) is 17.5. The summed E-state index contributed by atoms with van der Waals surface area (Å²) in [6.45, 7) is 5.29. The van der Waals surface area contributed by atoms with Crippen LogP contribution in [0.2, 0.25) is 5.02 Å². The van der Waals surface area contributed by atoms with E-state index in [1.165, 1.54) is 11.2 Å². The lowest BCUT2D eigenvalue weighted by atomic mass is 10.0. The molecular formula is C19H24ClNO5S. The van der Waals surface area contributed by atoms with Gasteiger partial charge in [0.25, 0.3) is 0 Å². The van der Waals surface area contributed by atoms with E-state index in [-0.39, 0.29) is 19.0 Å². The Labute approximate surface area is 165 Å². The molecule has 27 heavy (non-hydrogen) atoms. The molecule has 1 aromatic carbocycles. The molecule has 0 saturated heterocycles. The SMILES string of the molecule is CCCCN(c1oc(COC(C)=O)c(C)c1-c1ccccc1Cl)S(C)(=O)=O. The fourth-order valence-electron chi connectivity index (χ4n) is 2.73. The number of benzene rings is 1. The van der Waals surface area contributed by atoms with E-state index in [2.05, 4.69) is 0 Å². The van der Waals surface area contributed by atoms with E-state index < -0.39 is 16.0 Å². The van der Waals surface area contributed by atoms with Gasteiger partial charge >= 0.3 is 5.97 Å². The molecule has 0 spiro atoms. The zero-order chi connectivity index (χ0) is 20.2. The second kappa shape index (κ2) is 8.80. The quantitative estimate of drug-likeness (QED) is 0.594. The average molecular weight is 414 g/mol. The Bertz CT molecular complexity index is 920. The Morgan fingerprint density at radius 1 is 1.30 bits per heavy atom. The number of hydrogen-bond donors (Lipinski definition) is 0. The predicted molar refractivity (Wildman–Crippen MR) is 106 cm³/mol. The molecule has 0 radical (unpaired) electrons. The molecule has 0 fully saturated rings. The molecule has 8 heteroatoms. The number of carbonyl (C=O) groups is 1. The largest absolute Gasteiger partial charge is 0.458 e. The highest BCUT2D eigenvalue weighted by atomic mass is 35.5. The van der Waals surface area contributed by atoms with E-state index in [1.54, 1.807) is 25.1 Å². The molecule has 0 bridgehead atoms. The Morgan fingerprint density at radius 3 is 2.52 bits per heavy atom. The molecule has 0 aliphatic rings. The maximum Gasteiger partial charge on any atom is 0.303 e. The first-order chi connectivity index (χ1) is 12.7. The molecular weight excluding hydrogens is 390 g/mol. The van der Waals surface area contributed by atoms with Gasteiger partial charge in [0.15, 0.2) is 0 Å². The third-order valence-electron chi connectivity index (χ3n) is 4.12. The molecule has 0 atom stereocenters. The number of unbranched alkanes of at least 4 members (excludes halogenated alkanes) is 1. The van der Waals surface area contributed by atoms with Crippen LogP contribution in [0.4, 0.5) is 5.88 Å². The van der Waals surface area contributed by atoms with Gasteiger partial charge in [-0.2, -0.15) is 0 Å². The number of anilines is 1. The lowest BCUT2D eigenvalue weighted by Gasteiger charge is -2.21.